The van der Waals surface area contributed by atoms with Crippen molar-refractivity contribution >= 4 is 21.7 Å². The molecule has 31 heavy (non-hydrogen) atoms. The third-order valence-electron chi connectivity index (χ3n) is 5.44. The number of H-pyrrole nitrogens is 1. The summed E-state index contributed by atoms with van der Waals surface area (Å²) in [7, 11) is -3.52. The van der Waals surface area contributed by atoms with E-state index in [1.807, 2.05) is 13.8 Å². The first-order valence-corrected chi connectivity index (χ1v) is 12.2. The van der Waals surface area contributed by atoms with E-state index in [2.05, 4.69) is 10.3 Å². The van der Waals surface area contributed by atoms with E-state index in [4.69, 9.17) is 0 Å². The zero-order valence-electron chi connectivity index (χ0n) is 19.2. The molecule has 1 heterocycles. The molecule has 0 fully saturated rings. The lowest BCUT2D eigenvalue weighted by Gasteiger charge is -2.19. The molecule has 0 aliphatic rings. The Labute approximate surface area is 185 Å². The molecule has 1 aromatic heterocycles. The van der Waals surface area contributed by atoms with Gasteiger partial charge in [0.15, 0.2) is 5.78 Å². The molecule has 0 saturated heterocycles. The van der Waals surface area contributed by atoms with Gasteiger partial charge in [0.05, 0.1) is 10.9 Å². The van der Waals surface area contributed by atoms with Crippen LogP contribution in [0.15, 0.2) is 29.2 Å². The first-order chi connectivity index (χ1) is 14.6. The molecule has 0 aliphatic carbocycles. The molecule has 0 aliphatic heterocycles. The summed E-state index contributed by atoms with van der Waals surface area (Å²) >= 11 is 0. The zero-order chi connectivity index (χ0) is 23.3. The largest absolute Gasteiger partial charge is 0.354 e. The molecule has 1 aromatic carbocycles. The maximum atomic E-state index is 12.9. The minimum Gasteiger partial charge on any atom is -0.354 e. The fourth-order valence-electron chi connectivity index (χ4n) is 3.84. The van der Waals surface area contributed by atoms with Crippen molar-refractivity contribution in [3.63, 3.8) is 0 Å². The van der Waals surface area contributed by atoms with Crippen molar-refractivity contribution in [1.29, 1.82) is 0 Å². The van der Waals surface area contributed by atoms with E-state index in [1.54, 1.807) is 45.0 Å². The molecule has 0 radical (unpaired) electrons. The third-order valence-corrected chi connectivity index (χ3v) is 7.51. The van der Waals surface area contributed by atoms with Gasteiger partial charge in [0.1, 0.15) is 5.69 Å². The topological polar surface area (TPSA) is 99.3 Å². The van der Waals surface area contributed by atoms with Crippen LogP contribution in [0.2, 0.25) is 0 Å². The number of hydrogen-bond donors (Lipinski definition) is 2. The van der Waals surface area contributed by atoms with Crippen LogP contribution in [0.3, 0.4) is 0 Å². The summed E-state index contributed by atoms with van der Waals surface area (Å²) in [5.41, 5.74) is 3.24. The Hall–Kier alpha value is -2.45. The van der Waals surface area contributed by atoms with Gasteiger partial charge in [0.2, 0.25) is 10.0 Å². The zero-order valence-corrected chi connectivity index (χ0v) is 20.0. The summed E-state index contributed by atoms with van der Waals surface area (Å²) in [6.07, 6.45) is 1.45. The van der Waals surface area contributed by atoms with Crippen molar-refractivity contribution in [2.45, 2.75) is 65.3 Å². The molecule has 2 N–H and O–H groups in total. The van der Waals surface area contributed by atoms with Gasteiger partial charge in [-0.25, -0.2) is 8.42 Å². The lowest BCUT2D eigenvalue weighted by atomic mass is 10.0. The van der Waals surface area contributed by atoms with Gasteiger partial charge in [0, 0.05) is 24.3 Å². The number of rotatable bonds is 10. The second-order valence-electron chi connectivity index (χ2n) is 7.64. The van der Waals surface area contributed by atoms with Crippen molar-refractivity contribution in [2.24, 2.45) is 0 Å². The van der Waals surface area contributed by atoms with Gasteiger partial charge in [-0.1, -0.05) is 39.3 Å². The maximum absolute atomic E-state index is 12.9. The highest BCUT2D eigenvalue weighted by molar-refractivity contribution is 7.89. The molecular formula is C23H33N3O4S. The Kier molecular flexibility index (Phi) is 8.20. The number of aromatic nitrogens is 1. The Morgan fingerprint density at radius 3 is 2.16 bits per heavy atom. The molecule has 170 valence electrons. The van der Waals surface area contributed by atoms with Crippen LogP contribution < -0.4 is 5.32 Å². The van der Waals surface area contributed by atoms with Crippen LogP contribution >= 0.6 is 0 Å². The fourth-order valence-corrected chi connectivity index (χ4v) is 5.30. The third kappa shape index (κ3) is 5.25. The molecule has 0 bridgehead atoms. The van der Waals surface area contributed by atoms with Crippen LogP contribution in [0, 0.1) is 6.92 Å². The number of carbonyl (C=O) groups is 2. The van der Waals surface area contributed by atoms with Gasteiger partial charge in [-0.3, -0.25) is 9.59 Å². The lowest BCUT2D eigenvalue weighted by molar-refractivity contribution is 0.0934. The SMILES string of the molecule is CCCc1c(C(=O)N[C@H](C)c2ccc(S(=O)(=O)N(CC)CC)cc2)[nH]c(C)c1C(C)=O. The van der Waals surface area contributed by atoms with Gasteiger partial charge in [-0.05, 0) is 50.5 Å². The van der Waals surface area contributed by atoms with Crippen LogP contribution in [-0.2, 0) is 16.4 Å². The predicted octanol–water partition coefficient (Wildman–Crippen LogP) is 4.00. The number of sulfonamides is 1. The predicted molar refractivity (Wildman–Crippen MR) is 122 cm³/mol. The highest BCUT2D eigenvalue weighted by Gasteiger charge is 2.24. The summed E-state index contributed by atoms with van der Waals surface area (Å²) in [6, 6.07) is 6.24. The molecule has 7 nitrogen and oxygen atoms in total. The van der Waals surface area contributed by atoms with Gasteiger partial charge in [-0.15, -0.1) is 0 Å². The smallest absolute Gasteiger partial charge is 0.268 e. The van der Waals surface area contributed by atoms with Crippen LogP contribution in [0.5, 0.6) is 0 Å². The minimum absolute atomic E-state index is 0.0608. The van der Waals surface area contributed by atoms with Crippen molar-refractivity contribution < 1.29 is 18.0 Å². The number of nitrogens with zero attached hydrogens (tertiary/aromatic N) is 1. The number of benzene rings is 1. The van der Waals surface area contributed by atoms with Gasteiger partial charge < -0.3 is 10.3 Å². The number of hydrogen-bond acceptors (Lipinski definition) is 4. The van der Waals surface area contributed by atoms with E-state index in [-0.39, 0.29) is 22.6 Å². The molecule has 1 amide bonds. The summed E-state index contributed by atoms with van der Waals surface area (Å²) in [4.78, 5) is 28.3. The van der Waals surface area contributed by atoms with Crippen molar-refractivity contribution in [2.75, 3.05) is 13.1 Å². The molecule has 0 saturated carbocycles. The quantitative estimate of drug-likeness (QED) is 0.538. The van der Waals surface area contributed by atoms with E-state index < -0.39 is 10.0 Å². The van der Waals surface area contributed by atoms with E-state index in [0.717, 1.165) is 17.5 Å². The number of amides is 1. The maximum Gasteiger partial charge on any atom is 0.268 e. The number of aryl methyl sites for hydroxylation is 1. The van der Waals surface area contributed by atoms with Crippen LogP contribution in [0.4, 0.5) is 0 Å². The first-order valence-electron chi connectivity index (χ1n) is 10.7. The number of nitrogens with one attached hydrogen (secondary N) is 2. The first kappa shape index (κ1) is 24.8. The summed E-state index contributed by atoms with van der Waals surface area (Å²) in [6.45, 7) is 11.6. The van der Waals surface area contributed by atoms with E-state index in [9.17, 15) is 18.0 Å². The Balaban J connectivity index is 2.25. The molecule has 2 rings (SSSR count). The average Bonchev–Trinajstić information content (AvgIpc) is 3.05. The molecule has 0 spiro atoms. The van der Waals surface area contributed by atoms with Crippen LogP contribution in [0.1, 0.15) is 84.7 Å². The minimum atomic E-state index is -3.52. The summed E-state index contributed by atoms with van der Waals surface area (Å²) < 4.78 is 26.7. The van der Waals surface area contributed by atoms with E-state index in [1.165, 1.54) is 11.2 Å². The van der Waals surface area contributed by atoms with Crippen LogP contribution in [0.25, 0.3) is 0 Å². The lowest BCUT2D eigenvalue weighted by Crippen LogP contribution is -2.30. The Bertz CT molecular complexity index is 1040. The van der Waals surface area contributed by atoms with E-state index in [0.29, 0.717) is 36.5 Å². The molecule has 2 aromatic rings. The van der Waals surface area contributed by atoms with Crippen LogP contribution in [-0.4, -0.2) is 42.5 Å². The highest BCUT2D eigenvalue weighted by atomic mass is 32.2. The summed E-state index contributed by atoms with van der Waals surface area (Å²) in [5.74, 6) is -0.347. The highest BCUT2D eigenvalue weighted by Crippen LogP contribution is 2.23. The Morgan fingerprint density at radius 2 is 1.68 bits per heavy atom. The van der Waals surface area contributed by atoms with Gasteiger partial charge in [-0.2, -0.15) is 4.31 Å². The van der Waals surface area contributed by atoms with E-state index >= 15 is 0 Å². The fraction of sp³-hybridized carbons (Fsp3) is 0.478. The number of carbonyl (C=O) groups excluding carboxylic acids is 2. The van der Waals surface area contributed by atoms with Crippen molar-refractivity contribution in [3.05, 3.63) is 52.3 Å². The number of Topliss-reactive ketones (excluding diaryl/α,β-unsaturated/α-hetero) is 1. The second-order valence-corrected chi connectivity index (χ2v) is 9.58. The number of aromatic amines is 1. The van der Waals surface area contributed by atoms with Gasteiger partial charge in [0.25, 0.3) is 5.91 Å². The van der Waals surface area contributed by atoms with Gasteiger partial charge >= 0.3 is 0 Å². The molecule has 1 atom stereocenters. The van der Waals surface area contributed by atoms with Crippen molar-refractivity contribution in [3.8, 4) is 0 Å². The molecule has 0 unspecified atom stereocenters. The number of ketones is 1. The monoisotopic (exact) mass is 447 g/mol. The standard InChI is InChI=1S/C23H33N3O4S/c1-7-10-20-21(17(6)27)16(5)24-22(20)23(28)25-15(4)18-11-13-19(14-12-18)31(29,30)26(8-2)9-3/h11-15,24H,7-10H2,1-6H3,(H,25,28)/t15-/m1/s1. The average molecular weight is 448 g/mol. The molecule has 8 heteroatoms. The molecular weight excluding hydrogens is 414 g/mol. The second kappa shape index (κ2) is 10.2. The Morgan fingerprint density at radius 1 is 1.10 bits per heavy atom. The normalized spacial score (nSPS) is 12.7. The summed E-state index contributed by atoms with van der Waals surface area (Å²) in [5, 5.41) is 2.95. The van der Waals surface area contributed by atoms with Crippen molar-refractivity contribution in [1.82, 2.24) is 14.6 Å².